The smallest absolute Gasteiger partial charge is 0.252 e. The molecule has 2 aliphatic heterocycles. The molecule has 1 unspecified atom stereocenters. The normalized spacial score (nSPS) is 23.6. The maximum Gasteiger partial charge on any atom is 0.252 e. The Labute approximate surface area is 162 Å². The highest BCUT2D eigenvalue weighted by molar-refractivity contribution is 7.99. The highest BCUT2D eigenvalue weighted by Gasteiger charge is 2.41. The molecular formula is C20H24FN3O2S. The standard InChI is InChI=1S/C20H24FN3O2S/c1-14-10-17(16-3-2-15(21)11-18(16)23-14)19(25)22-12-20(4-9-27-13-20)24-5-7-26-8-6-24/h2-3,10-11H,4-9,12-13H2,1H3,(H,22,25). The van der Waals surface area contributed by atoms with Crippen LogP contribution in [-0.4, -0.2) is 65.7 Å². The molecule has 7 heteroatoms. The first-order valence-corrected chi connectivity index (χ1v) is 10.5. The molecule has 1 amide bonds. The van der Waals surface area contributed by atoms with Gasteiger partial charge in [0.05, 0.1) is 24.3 Å². The molecule has 5 nitrogen and oxygen atoms in total. The zero-order valence-electron chi connectivity index (χ0n) is 15.5. The molecule has 1 N–H and O–H groups in total. The lowest BCUT2D eigenvalue weighted by Gasteiger charge is -2.43. The molecule has 0 spiro atoms. The Morgan fingerprint density at radius 1 is 1.37 bits per heavy atom. The maximum absolute atomic E-state index is 13.6. The molecule has 1 aromatic heterocycles. The van der Waals surface area contributed by atoms with Crippen LogP contribution in [0.4, 0.5) is 4.39 Å². The molecule has 0 radical (unpaired) electrons. The van der Waals surface area contributed by atoms with E-state index in [0.29, 0.717) is 28.7 Å². The quantitative estimate of drug-likeness (QED) is 0.871. The number of carbonyl (C=O) groups is 1. The summed E-state index contributed by atoms with van der Waals surface area (Å²) >= 11 is 1.94. The van der Waals surface area contributed by atoms with E-state index < -0.39 is 0 Å². The first-order chi connectivity index (χ1) is 13.1. The number of hydrogen-bond donors (Lipinski definition) is 1. The lowest BCUT2D eigenvalue weighted by Crippen LogP contribution is -2.59. The SMILES string of the molecule is Cc1cc(C(=O)NCC2(N3CCOCC3)CCSC2)c2ccc(F)cc2n1. The van der Waals surface area contributed by atoms with Crippen LogP contribution in [0, 0.1) is 12.7 Å². The molecule has 4 rings (SSSR count). The molecule has 1 aromatic carbocycles. The highest BCUT2D eigenvalue weighted by Crippen LogP contribution is 2.33. The Morgan fingerprint density at radius 3 is 2.93 bits per heavy atom. The van der Waals surface area contributed by atoms with Crippen LogP contribution < -0.4 is 5.32 Å². The van der Waals surface area contributed by atoms with E-state index in [4.69, 9.17) is 4.74 Å². The van der Waals surface area contributed by atoms with Gasteiger partial charge >= 0.3 is 0 Å². The second-order valence-electron chi connectivity index (χ2n) is 7.28. The molecule has 2 aliphatic rings. The third kappa shape index (κ3) is 3.81. The van der Waals surface area contributed by atoms with Crippen molar-refractivity contribution in [2.24, 2.45) is 0 Å². The van der Waals surface area contributed by atoms with Crippen molar-refractivity contribution in [3.63, 3.8) is 0 Å². The number of thioether (sulfide) groups is 1. The summed E-state index contributed by atoms with van der Waals surface area (Å²) in [5.74, 6) is 1.67. The summed E-state index contributed by atoms with van der Waals surface area (Å²) in [5.41, 5.74) is 1.77. The minimum atomic E-state index is -0.346. The summed E-state index contributed by atoms with van der Waals surface area (Å²) in [6.45, 7) is 5.76. The van der Waals surface area contributed by atoms with Crippen LogP contribution >= 0.6 is 11.8 Å². The van der Waals surface area contributed by atoms with Crippen molar-refractivity contribution >= 4 is 28.6 Å². The van der Waals surface area contributed by atoms with E-state index in [1.54, 1.807) is 12.1 Å². The average molecular weight is 389 g/mol. The summed E-state index contributed by atoms with van der Waals surface area (Å²) in [5, 5.41) is 3.84. The number of hydrogen-bond acceptors (Lipinski definition) is 5. The van der Waals surface area contributed by atoms with Crippen LogP contribution in [0.5, 0.6) is 0 Å². The van der Waals surface area contributed by atoms with E-state index in [-0.39, 0.29) is 17.3 Å². The van der Waals surface area contributed by atoms with Crippen molar-refractivity contribution in [3.05, 3.63) is 41.3 Å². The van der Waals surface area contributed by atoms with Crippen LogP contribution in [0.3, 0.4) is 0 Å². The summed E-state index contributed by atoms with van der Waals surface area (Å²) in [4.78, 5) is 19.8. The van der Waals surface area contributed by atoms with E-state index in [2.05, 4.69) is 15.2 Å². The number of rotatable bonds is 4. The molecule has 0 saturated carbocycles. The minimum absolute atomic E-state index is 0.00586. The fourth-order valence-corrected chi connectivity index (χ4v) is 5.47. The van der Waals surface area contributed by atoms with Gasteiger partial charge in [-0.3, -0.25) is 14.7 Å². The minimum Gasteiger partial charge on any atom is -0.379 e. The van der Waals surface area contributed by atoms with Gasteiger partial charge in [0.25, 0.3) is 5.91 Å². The Kier molecular flexibility index (Phi) is 5.34. The van der Waals surface area contributed by atoms with Gasteiger partial charge in [0, 0.05) is 48.1 Å². The Hall–Kier alpha value is -1.70. The predicted octanol–water partition coefficient (Wildman–Crippen LogP) is 2.62. The van der Waals surface area contributed by atoms with Gasteiger partial charge in [-0.15, -0.1) is 0 Å². The van der Waals surface area contributed by atoms with Gasteiger partial charge in [-0.05, 0) is 37.3 Å². The van der Waals surface area contributed by atoms with Crippen LogP contribution in [0.25, 0.3) is 10.9 Å². The van der Waals surface area contributed by atoms with Crippen LogP contribution in [-0.2, 0) is 4.74 Å². The molecule has 3 heterocycles. The second kappa shape index (κ2) is 7.73. The van der Waals surface area contributed by atoms with E-state index in [1.807, 2.05) is 18.7 Å². The fourth-order valence-electron chi connectivity index (χ4n) is 4.00. The number of carbonyl (C=O) groups excluding carboxylic acids is 1. The largest absolute Gasteiger partial charge is 0.379 e. The number of halogens is 1. The van der Waals surface area contributed by atoms with Gasteiger partial charge in [0.15, 0.2) is 0 Å². The van der Waals surface area contributed by atoms with Gasteiger partial charge in [-0.25, -0.2) is 4.39 Å². The number of nitrogens with zero attached hydrogens (tertiary/aromatic N) is 2. The molecule has 27 heavy (non-hydrogen) atoms. The number of aryl methyl sites for hydroxylation is 1. The van der Waals surface area contributed by atoms with Crippen molar-refractivity contribution in [1.29, 1.82) is 0 Å². The van der Waals surface area contributed by atoms with Gasteiger partial charge < -0.3 is 10.1 Å². The van der Waals surface area contributed by atoms with E-state index in [0.717, 1.165) is 44.2 Å². The predicted molar refractivity (Wildman–Crippen MR) is 106 cm³/mol. The van der Waals surface area contributed by atoms with Gasteiger partial charge in [-0.1, -0.05) is 0 Å². The maximum atomic E-state index is 13.6. The van der Waals surface area contributed by atoms with Crippen molar-refractivity contribution in [2.75, 3.05) is 44.4 Å². The monoisotopic (exact) mass is 389 g/mol. The van der Waals surface area contributed by atoms with Crippen molar-refractivity contribution in [3.8, 4) is 0 Å². The van der Waals surface area contributed by atoms with Crippen molar-refractivity contribution in [1.82, 2.24) is 15.2 Å². The van der Waals surface area contributed by atoms with E-state index >= 15 is 0 Å². The van der Waals surface area contributed by atoms with Crippen molar-refractivity contribution < 1.29 is 13.9 Å². The lowest BCUT2D eigenvalue weighted by molar-refractivity contribution is -0.0129. The zero-order chi connectivity index (χ0) is 18.9. The number of fused-ring (bicyclic) bond motifs is 1. The third-order valence-corrected chi connectivity index (χ3v) is 6.72. The van der Waals surface area contributed by atoms with Crippen LogP contribution in [0.2, 0.25) is 0 Å². The molecular weight excluding hydrogens is 365 g/mol. The summed E-state index contributed by atoms with van der Waals surface area (Å²) in [6.07, 6.45) is 1.07. The Morgan fingerprint density at radius 2 is 2.19 bits per heavy atom. The number of pyridine rings is 1. The lowest BCUT2D eigenvalue weighted by atomic mass is 9.95. The molecule has 2 saturated heterocycles. The zero-order valence-corrected chi connectivity index (χ0v) is 16.3. The molecule has 0 aliphatic carbocycles. The van der Waals surface area contributed by atoms with Gasteiger partial charge in [0.2, 0.25) is 0 Å². The number of benzene rings is 1. The van der Waals surface area contributed by atoms with Crippen LogP contribution in [0.1, 0.15) is 22.5 Å². The second-order valence-corrected chi connectivity index (χ2v) is 8.39. The molecule has 1 atom stereocenters. The fraction of sp³-hybridized carbons (Fsp3) is 0.500. The Bertz CT molecular complexity index is 843. The van der Waals surface area contributed by atoms with E-state index in [9.17, 15) is 9.18 Å². The molecule has 2 aromatic rings. The first-order valence-electron chi connectivity index (χ1n) is 9.33. The number of morpholine rings is 1. The summed E-state index contributed by atoms with van der Waals surface area (Å²) in [7, 11) is 0. The molecule has 0 bridgehead atoms. The number of ether oxygens (including phenoxy) is 1. The molecule has 144 valence electrons. The summed E-state index contributed by atoms with van der Waals surface area (Å²) < 4.78 is 19.0. The van der Waals surface area contributed by atoms with Gasteiger partial charge in [-0.2, -0.15) is 11.8 Å². The highest BCUT2D eigenvalue weighted by atomic mass is 32.2. The summed E-state index contributed by atoms with van der Waals surface area (Å²) in [6, 6.07) is 6.16. The topological polar surface area (TPSA) is 54.5 Å². The number of aromatic nitrogens is 1. The van der Waals surface area contributed by atoms with E-state index in [1.165, 1.54) is 12.1 Å². The average Bonchev–Trinajstić information content (AvgIpc) is 3.16. The Balaban J connectivity index is 1.56. The first kappa shape index (κ1) is 18.7. The number of amides is 1. The molecule has 2 fully saturated rings. The van der Waals surface area contributed by atoms with Crippen molar-refractivity contribution in [2.45, 2.75) is 18.9 Å². The number of nitrogens with one attached hydrogen (secondary N) is 1. The van der Waals surface area contributed by atoms with Gasteiger partial charge in [0.1, 0.15) is 5.82 Å². The van der Waals surface area contributed by atoms with Crippen LogP contribution in [0.15, 0.2) is 24.3 Å². The third-order valence-electron chi connectivity index (χ3n) is 5.49.